The molecule has 2 heterocycles. The quantitative estimate of drug-likeness (QED) is 0.230. The zero-order valence-corrected chi connectivity index (χ0v) is 21.5. The molecule has 4 aromatic rings. The minimum absolute atomic E-state index is 0.185. The third-order valence-electron chi connectivity index (χ3n) is 6.31. The van der Waals surface area contributed by atoms with Gasteiger partial charge in [0.2, 0.25) is 5.78 Å². The molecule has 4 rings (SSSR count). The second kappa shape index (κ2) is 9.74. The number of imidazole rings is 2. The van der Waals surface area contributed by atoms with Gasteiger partial charge in [0.1, 0.15) is 0 Å². The topological polar surface area (TPSA) is 25.5 Å². The van der Waals surface area contributed by atoms with Gasteiger partial charge in [-0.3, -0.25) is 13.9 Å². The van der Waals surface area contributed by atoms with E-state index >= 15 is 0 Å². The molecule has 0 fully saturated rings. The summed E-state index contributed by atoms with van der Waals surface area (Å²) in [7, 11) is 0. The Hall–Kier alpha value is -2.32. The van der Waals surface area contributed by atoms with Crippen LogP contribution in [0.15, 0.2) is 46.9 Å². The predicted molar refractivity (Wildman–Crippen MR) is 135 cm³/mol. The molecular weight excluding hydrogens is 505 g/mol. The van der Waals surface area contributed by atoms with Crippen LogP contribution >= 0.6 is 15.9 Å². The summed E-state index contributed by atoms with van der Waals surface area (Å²) in [5.41, 5.74) is 2.81. The summed E-state index contributed by atoms with van der Waals surface area (Å²) < 4.78 is 47.0. The van der Waals surface area contributed by atoms with Crippen molar-refractivity contribution in [2.75, 3.05) is 13.1 Å². The van der Waals surface area contributed by atoms with Crippen molar-refractivity contribution in [3.63, 3.8) is 0 Å². The average Bonchev–Trinajstić information content (AvgIpc) is 3.31. The Labute approximate surface area is 206 Å². The van der Waals surface area contributed by atoms with Crippen molar-refractivity contribution in [2.24, 2.45) is 0 Å². The van der Waals surface area contributed by atoms with Gasteiger partial charge in [0.25, 0.3) is 0 Å². The molecule has 4 nitrogen and oxygen atoms in total. The van der Waals surface area contributed by atoms with Crippen LogP contribution < -0.4 is 0 Å². The number of halogens is 4. The van der Waals surface area contributed by atoms with Crippen LogP contribution in [-0.4, -0.2) is 31.9 Å². The van der Waals surface area contributed by atoms with E-state index < -0.39 is 11.9 Å². The maximum Gasteiger partial charge on any atom is 0.435 e. The standard InChI is InChI=1S/C26H30BrF3N4/c1-5-7-14-32(6-2)16-23-24(26(28,29)30)31-25-33(21-10-8-9-11-22(21)34(23)25)20-13-12-18(17(3)4)15-19(20)27/h8-13,15,17H,5-7,14,16H2,1-4H3. The predicted octanol–water partition coefficient (Wildman–Crippen LogP) is 7.80. The molecule has 2 aromatic heterocycles. The minimum atomic E-state index is -4.55. The Bertz CT molecular complexity index is 1300. The summed E-state index contributed by atoms with van der Waals surface area (Å²) in [6.45, 7) is 9.90. The van der Waals surface area contributed by atoms with E-state index in [1.54, 1.807) is 4.40 Å². The lowest BCUT2D eigenvalue weighted by Gasteiger charge is -2.20. The smallest absolute Gasteiger partial charge is 0.298 e. The van der Waals surface area contributed by atoms with E-state index in [2.05, 4.69) is 46.6 Å². The Kier molecular flexibility index (Phi) is 7.10. The molecule has 0 aliphatic rings. The van der Waals surface area contributed by atoms with Crippen LogP contribution in [0.1, 0.15) is 63.4 Å². The monoisotopic (exact) mass is 534 g/mol. The van der Waals surface area contributed by atoms with E-state index in [9.17, 15) is 13.2 Å². The van der Waals surface area contributed by atoms with E-state index in [0.29, 0.717) is 18.0 Å². The van der Waals surface area contributed by atoms with Crippen molar-refractivity contribution in [2.45, 2.75) is 59.2 Å². The molecule has 0 saturated heterocycles. The van der Waals surface area contributed by atoms with E-state index in [4.69, 9.17) is 0 Å². The van der Waals surface area contributed by atoms with Crippen LogP contribution in [0.4, 0.5) is 13.2 Å². The summed E-state index contributed by atoms with van der Waals surface area (Å²) in [4.78, 5) is 6.27. The summed E-state index contributed by atoms with van der Waals surface area (Å²) in [5.74, 6) is 0.609. The van der Waals surface area contributed by atoms with Gasteiger partial charge in [0, 0.05) is 11.0 Å². The molecule has 182 valence electrons. The lowest BCUT2D eigenvalue weighted by atomic mass is 10.0. The summed E-state index contributed by atoms with van der Waals surface area (Å²) >= 11 is 3.66. The lowest BCUT2D eigenvalue weighted by molar-refractivity contribution is -0.141. The molecular formula is C26H30BrF3N4. The largest absolute Gasteiger partial charge is 0.435 e. The molecule has 8 heteroatoms. The van der Waals surface area contributed by atoms with Crippen molar-refractivity contribution in [3.8, 4) is 5.69 Å². The Balaban J connectivity index is 2.01. The van der Waals surface area contributed by atoms with Gasteiger partial charge in [0.15, 0.2) is 5.69 Å². The van der Waals surface area contributed by atoms with Gasteiger partial charge < -0.3 is 0 Å². The van der Waals surface area contributed by atoms with Crippen LogP contribution in [-0.2, 0) is 12.7 Å². The molecule has 0 unspecified atom stereocenters. The Morgan fingerprint density at radius 3 is 2.35 bits per heavy atom. The van der Waals surface area contributed by atoms with E-state index in [-0.39, 0.29) is 18.0 Å². The highest BCUT2D eigenvalue weighted by Crippen LogP contribution is 2.37. The average molecular weight is 535 g/mol. The van der Waals surface area contributed by atoms with E-state index in [1.807, 2.05) is 54.0 Å². The van der Waals surface area contributed by atoms with E-state index in [0.717, 1.165) is 40.6 Å². The van der Waals surface area contributed by atoms with Crippen LogP contribution in [0.3, 0.4) is 0 Å². The first-order valence-corrected chi connectivity index (χ1v) is 12.6. The fourth-order valence-corrected chi connectivity index (χ4v) is 4.98. The highest BCUT2D eigenvalue weighted by atomic mass is 79.9. The number of unbranched alkanes of at least 4 members (excludes halogenated alkanes) is 1. The van der Waals surface area contributed by atoms with Gasteiger partial charge >= 0.3 is 6.18 Å². The highest BCUT2D eigenvalue weighted by molar-refractivity contribution is 9.10. The molecule has 0 bridgehead atoms. The minimum Gasteiger partial charge on any atom is -0.298 e. The number of nitrogens with zero attached hydrogens (tertiary/aromatic N) is 4. The molecule has 2 aromatic carbocycles. The lowest BCUT2D eigenvalue weighted by Crippen LogP contribution is -2.26. The Morgan fingerprint density at radius 2 is 1.76 bits per heavy atom. The number of hydrogen-bond donors (Lipinski definition) is 0. The van der Waals surface area contributed by atoms with Crippen LogP contribution in [0.5, 0.6) is 0 Å². The van der Waals surface area contributed by atoms with Crippen LogP contribution in [0, 0.1) is 0 Å². The molecule has 0 radical (unpaired) electrons. The highest BCUT2D eigenvalue weighted by Gasteiger charge is 2.39. The first-order chi connectivity index (χ1) is 16.2. The first kappa shape index (κ1) is 24.8. The van der Waals surface area contributed by atoms with Gasteiger partial charge in [-0.05, 0) is 71.2 Å². The molecule has 34 heavy (non-hydrogen) atoms. The van der Waals surface area contributed by atoms with Gasteiger partial charge in [-0.1, -0.05) is 52.3 Å². The number of para-hydroxylation sites is 2. The fraction of sp³-hybridized carbons (Fsp3) is 0.423. The molecule has 0 aliphatic heterocycles. The van der Waals surface area contributed by atoms with Crippen molar-refractivity contribution < 1.29 is 13.2 Å². The third kappa shape index (κ3) is 4.50. The summed E-state index contributed by atoms with van der Waals surface area (Å²) in [6.07, 6.45) is -2.62. The van der Waals surface area contributed by atoms with Crippen molar-refractivity contribution in [1.82, 2.24) is 18.9 Å². The fourth-order valence-electron chi connectivity index (χ4n) is 4.41. The first-order valence-electron chi connectivity index (χ1n) is 11.8. The summed E-state index contributed by atoms with van der Waals surface area (Å²) in [6, 6.07) is 13.6. The maximum atomic E-state index is 14.2. The number of fused-ring (bicyclic) bond motifs is 3. The molecule has 0 saturated carbocycles. The molecule has 0 aliphatic carbocycles. The number of benzene rings is 2. The number of rotatable bonds is 8. The van der Waals surface area contributed by atoms with Gasteiger partial charge in [-0.15, -0.1) is 0 Å². The third-order valence-corrected chi connectivity index (χ3v) is 6.95. The van der Waals surface area contributed by atoms with Crippen molar-refractivity contribution in [1.29, 1.82) is 0 Å². The number of alkyl halides is 3. The second-order valence-electron chi connectivity index (χ2n) is 8.95. The van der Waals surface area contributed by atoms with Crippen molar-refractivity contribution in [3.05, 3.63) is 63.9 Å². The Morgan fingerprint density at radius 1 is 1.06 bits per heavy atom. The van der Waals surface area contributed by atoms with Crippen LogP contribution in [0.2, 0.25) is 0 Å². The van der Waals surface area contributed by atoms with Gasteiger partial charge in [0.05, 0.1) is 22.4 Å². The summed E-state index contributed by atoms with van der Waals surface area (Å²) in [5, 5.41) is 0. The normalized spacial score (nSPS) is 12.6. The van der Waals surface area contributed by atoms with Gasteiger partial charge in [-0.2, -0.15) is 13.2 Å². The number of aromatic nitrogens is 3. The molecule has 0 N–H and O–H groups in total. The van der Waals surface area contributed by atoms with Crippen LogP contribution in [0.25, 0.3) is 22.5 Å². The molecule has 0 atom stereocenters. The zero-order valence-electron chi connectivity index (χ0n) is 20.0. The van der Waals surface area contributed by atoms with E-state index in [1.165, 1.54) is 0 Å². The molecule has 0 spiro atoms. The SMILES string of the molecule is CCCCN(CC)Cc1c(C(F)(F)F)nc2n(-c3ccc(C(C)C)cc3Br)c3ccccc3n12. The maximum absolute atomic E-state index is 14.2. The number of hydrogen-bond acceptors (Lipinski definition) is 2. The second-order valence-corrected chi connectivity index (χ2v) is 9.81. The zero-order chi connectivity index (χ0) is 24.6. The molecule has 0 amide bonds. The van der Waals surface area contributed by atoms with Gasteiger partial charge in [-0.25, -0.2) is 4.98 Å². The van der Waals surface area contributed by atoms with Crippen molar-refractivity contribution >= 4 is 32.7 Å².